The zero-order valence-electron chi connectivity index (χ0n) is 5.35. The molecule has 0 fully saturated rings. The highest BCUT2D eigenvalue weighted by atomic mass is 14.5. The molecule has 0 aliphatic rings. The van der Waals surface area contributed by atoms with E-state index in [1.54, 1.807) is 0 Å². The summed E-state index contributed by atoms with van der Waals surface area (Å²) in [5, 5.41) is 6.76. The van der Waals surface area contributed by atoms with Gasteiger partial charge in [-0.2, -0.15) is 0 Å². The summed E-state index contributed by atoms with van der Waals surface area (Å²) < 4.78 is 0. The van der Waals surface area contributed by atoms with Crippen LogP contribution >= 0.6 is 0 Å². The molecule has 0 radical (unpaired) electrons. The summed E-state index contributed by atoms with van der Waals surface area (Å²) in [6.07, 6.45) is 3.36. The summed E-state index contributed by atoms with van der Waals surface area (Å²) in [6, 6.07) is 0. The zero-order valence-corrected chi connectivity index (χ0v) is 5.35. The number of rotatable bonds is 4. The lowest BCUT2D eigenvalue weighted by Gasteiger charge is -2.05. The van der Waals surface area contributed by atoms with Crippen LogP contribution in [-0.2, 0) is 0 Å². The number of nitrogens with two attached hydrogens (primary N) is 1. The molecule has 1 unspecified atom stereocenters. The molecule has 2 nitrogen and oxygen atoms in total. The molecule has 0 aliphatic carbocycles. The average Bonchev–Trinajstić information content (AvgIpc) is 1.83. The van der Waals surface area contributed by atoms with Crippen molar-refractivity contribution in [2.75, 3.05) is 6.54 Å². The standard InChI is InChI=1S/C6H14N2/c1-2-6(5-8)3-4-7/h4,6-7H,2-3,5,8H2,1H3. The largest absolute Gasteiger partial charge is 0.330 e. The molecule has 0 rings (SSSR count). The molecule has 0 aromatic carbocycles. The van der Waals surface area contributed by atoms with E-state index in [1.807, 2.05) is 0 Å². The second kappa shape index (κ2) is 4.78. The van der Waals surface area contributed by atoms with E-state index < -0.39 is 0 Å². The molecular formula is C6H14N2. The fourth-order valence-electron chi connectivity index (χ4n) is 0.596. The lowest BCUT2D eigenvalue weighted by Crippen LogP contribution is -2.13. The highest BCUT2D eigenvalue weighted by Crippen LogP contribution is 2.01. The van der Waals surface area contributed by atoms with Crippen LogP contribution in [0.1, 0.15) is 19.8 Å². The molecule has 0 aromatic heterocycles. The Labute approximate surface area is 50.6 Å². The van der Waals surface area contributed by atoms with Crippen molar-refractivity contribution in [2.45, 2.75) is 19.8 Å². The molecular weight excluding hydrogens is 100 g/mol. The van der Waals surface area contributed by atoms with Gasteiger partial charge < -0.3 is 11.1 Å². The Kier molecular flexibility index (Phi) is 4.56. The minimum Gasteiger partial charge on any atom is -0.330 e. The maximum absolute atomic E-state index is 6.76. The van der Waals surface area contributed by atoms with Gasteiger partial charge in [0.05, 0.1) is 0 Å². The van der Waals surface area contributed by atoms with Crippen LogP contribution in [0.3, 0.4) is 0 Å². The van der Waals surface area contributed by atoms with E-state index in [2.05, 4.69) is 6.92 Å². The van der Waals surface area contributed by atoms with Gasteiger partial charge >= 0.3 is 0 Å². The van der Waals surface area contributed by atoms with Crippen molar-refractivity contribution in [1.29, 1.82) is 5.41 Å². The molecule has 48 valence electrons. The van der Waals surface area contributed by atoms with Crippen LogP contribution < -0.4 is 5.73 Å². The SMILES string of the molecule is CCC(CN)CC=N. The summed E-state index contributed by atoms with van der Waals surface area (Å²) in [4.78, 5) is 0. The topological polar surface area (TPSA) is 49.9 Å². The minimum absolute atomic E-state index is 0.535. The first-order chi connectivity index (χ1) is 3.85. The number of nitrogens with one attached hydrogen (secondary N) is 1. The Balaban J connectivity index is 3.20. The normalized spacial score (nSPS) is 13.2. The van der Waals surface area contributed by atoms with Crippen LogP contribution in [0.25, 0.3) is 0 Å². The van der Waals surface area contributed by atoms with Gasteiger partial charge in [-0.05, 0) is 25.1 Å². The van der Waals surface area contributed by atoms with Crippen molar-refractivity contribution in [3.63, 3.8) is 0 Å². The van der Waals surface area contributed by atoms with E-state index in [0.717, 1.165) is 12.8 Å². The quantitative estimate of drug-likeness (QED) is 0.526. The van der Waals surface area contributed by atoms with Gasteiger partial charge in [0.25, 0.3) is 0 Å². The molecule has 1 atom stereocenters. The van der Waals surface area contributed by atoms with Gasteiger partial charge in [0, 0.05) is 0 Å². The second-order valence-electron chi connectivity index (χ2n) is 1.95. The first-order valence-corrected chi connectivity index (χ1v) is 3.04. The van der Waals surface area contributed by atoms with Gasteiger partial charge in [0.2, 0.25) is 0 Å². The Morgan fingerprint density at radius 2 is 2.38 bits per heavy atom. The fraction of sp³-hybridized carbons (Fsp3) is 0.833. The summed E-state index contributed by atoms with van der Waals surface area (Å²) in [5.74, 6) is 0.535. The van der Waals surface area contributed by atoms with Gasteiger partial charge in [0.1, 0.15) is 0 Å². The van der Waals surface area contributed by atoms with Gasteiger partial charge in [-0.15, -0.1) is 0 Å². The Bertz CT molecular complexity index is 57.5. The molecule has 0 aromatic rings. The van der Waals surface area contributed by atoms with E-state index >= 15 is 0 Å². The Hall–Kier alpha value is -0.370. The van der Waals surface area contributed by atoms with E-state index in [4.69, 9.17) is 11.1 Å². The number of hydrogen-bond acceptors (Lipinski definition) is 2. The number of hydrogen-bond donors (Lipinski definition) is 2. The second-order valence-corrected chi connectivity index (χ2v) is 1.95. The van der Waals surface area contributed by atoms with Crippen molar-refractivity contribution in [1.82, 2.24) is 0 Å². The first kappa shape index (κ1) is 7.63. The van der Waals surface area contributed by atoms with Crippen LogP contribution in [-0.4, -0.2) is 12.8 Å². The molecule has 8 heavy (non-hydrogen) atoms. The van der Waals surface area contributed by atoms with Crippen molar-refractivity contribution < 1.29 is 0 Å². The van der Waals surface area contributed by atoms with Gasteiger partial charge in [-0.3, -0.25) is 0 Å². The van der Waals surface area contributed by atoms with Gasteiger partial charge in [-0.1, -0.05) is 13.3 Å². The van der Waals surface area contributed by atoms with E-state index in [1.165, 1.54) is 6.21 Å². The lowest BCUT2D eigenvalue weighted by molar-refractivity contribution is 0.545. The van der Waals surface area contributed by atoms with Crippen molar-refractivity contribution >= 4 is 6.21 Å². The molecule has 0 heterocycles. The van der Waals surface area contributed by atoms with Crippen LogP contribution in [0.4, 0.5) is 0 Å². The summed E-state index contributed by atoms with van der Waals surface area (Å²) in [5.41, 5.74) is 5.37. The van der Waals surface area contributed by atoms with E-state index in [0.29, 0.717) is 12.5 Å². The third-order valence-corrected chi connectivity index (χ3v) is 1.36. The summed E-state index contributed by atoms with van der Waals surface area (Å²) in [7, 11) is 0. The van der Waals surface area contributed by atoms with E-state index in [-0.39, 0.29) is 0 Å². The third-order valence-electron chi connectivity index (χ3n) is 1.36. The van der Waals surface area contributed by atoms with E-state index in [9.17, 15) is 0 Å². The van der Waals surface area contributed by atoms with Gasteiger partial charge in [-0.25, -0.2) is 0 Å². The van der Waals surface area contributed by atoms with Crippen molar-refractivity contribution in [3.05, 3.63) is 0 Å². The first-order valence-electron chi connectivity index (χ1n) is 3.04. The maximum atomic E-state index is 6.76. The fourth-order valence-corrected chi connectivity index (χ4v) is 0.596. The minimum atomic E-state index is 0.535. The van der Waals surface area contributed by atoms with Crippen LogP contribution in [0, 0.1) is 11.3 Å². The molecule has 2 heteroatoms. The smallest absolute Gasteiger partial charge is 0.00445 e. The highest BCUT2D eigenvalue weighted by Gasteiger charge is 1.98. The molecule has 3 N–H and O–H groups in total. The summed E-state index contributed by atoms with van der Waals surface area (Å²) >= 11 is 0. The van der Waals surface area contributed by atoms with Crippen molar-refractivity contribution in [3.8, 4) is 0 Å². The molecule has 0 saturated carbocycles. The summed E-state index contributed by atoms with van der Waals surface area (Å²) in [6.45, 7) is 2.81. The molecule has 0 aliphatic heterocycles. The zero-order chi connectivity index (χ0) is 6.41. The van der Waals surface area contributed by atoms with Crippen LogP contribution in [0.15, 0.2) is 0 Å². The predicted molar refractivity (Wildman–Crippen MR) is 36.2 cm³/mol. The predicted octanol–water partition coefficient (Wildman–Crippen LogP) is 1.01. The van der Waals surface area contributed by atoms with Crippen LogP contribution in [0.5, 0.6) is 0 Å². The van der Waals surface area contributed by atoms with Crippen molar-refractivity contribution in [2.24, 2.45) is 11.7 Å². The Morgan fingerprint density at radius 3 is 2.50 bits per heavy atom. The molecule has 0 spiro atoms. The third kappa shape index (κ3) is 2.75. The monoisotopic (exact) mass is 114 g/mol. The maximum Gasteiger partial charge on any atom is -0.00445 e. The van der Waals surface area contributed by atoms with Crippen LogP contribution in [0.2, 0.25) is 0 Å². The lowest BCUT2D eigenvalue weighted by atomic mass is 10.0. The van der Waals surface area contributed by atoms with Gasteiger partial charge in [0.15, 0.2) is 0 Å². The Morgan fingerprint density at radius 1 is 1.75 bits per heavy atom. The molecule has 0 bridgehead atoms. The highest BCUT2D eigenvalue weighted by molar-refractivity contribution is 5.53. The average molecular weight is 114 g/mol. The molecule has 0 amide bonds. The molecule has 0 saturated heterocycles.